The molecule has 1 aromatic rings. The van der Waals surface area contributed by atoms with E-state index >= 15 is 0 Å². The van der Waals surface area contributed by atoms with Crippen LogP contribution in [0.1, 0.15) is 25.7 Å². The first-order chi connectivity index (χ1) is 9.56. The van der Waals surface area contributed by atoms with Crippen LogP contribution in [0.25, 0.3) is 0 Å². The van der Waals surface area contributed by atoms with Gasteiger partial charge in [0, 0.05) is 17.9 Å². The first kappa shape index (κ1) is 14.8. The van der Waals surface area contributed by atoms with Crippen LogP contribution in [-0.2, 0) is 4.79 Å². The first-order valence-corrected chi connectivity index (χ1v) is 7.34. The molecular weight excluding hydrogens is 324 g/mol. The van der Waals surface area contributed by atoms with Crippen LogP contribution in [-0.4, -0.2) is 23.0 Å². The van der Waals surface area contributed by atoms with Crippen LogP contribution in [0.2, 0.25) is 0 Å². The molecule has 0 aromatic carbocycles. The smallest absolute Gasteiger partial charge is 0.319 e. The summed E-state index contributed by atoms with van der Waals surface area (Å²) in [6.07, 6.45) is 5.08. The van der Waals surface area contributed by atoms with Gasteiger partial charge in [-0.15, -0.1) is 0 Å². The molecule has 0 spiro atoms. The molecule has 1 saturated carbocycles. The third kappa shape index (κ3) is 3.93. The number of aromatic nitrogens is 1. The standard InChI is InChI=1S/C13H17BrN4O2/c14-11-7-8(5-6-16-11)17-13(20)18-10-4-2-1-3-9(10)12(15)19/h5-7,9-10H,1-4H2,(H2,15,19)(H2,16,17,18,20). The monoisotopic (exact) mass is 340 g/mol. The molecule has 2 rings (SSSR count). The maximum absolute atomic E-state index is 12.0. The minimum atomic E-state index is -0.346. The Kier molecular flexibility index (Phi) is 4.94. The number of pyridine rings is 1. The Morgan fingerprint density at radius 1 is 1.35 bits per heavy atom. The molecule has 3 amide bonds. The number of anilines is 1. The van der Waals surface area contributed by atoms with Gasteiger partial charge in [0.05, 0.1) is 5.92 Å². The number of nitrogens with zero attached hydrogens (tertiary/aromatic N) is 1. The van der Waals surface area contributed by atoms with E-state index in [0.717, 1.165) is 25.7 Å². The number of hydrogen-bond donors (Lipinski definition) is 3. The third-order valence-electron chi connectivity index (χ3n) is 3.43. The second-order valence-corrected chi connectivity index (χ2v) is 5.68. The van der Waals surface area contributed by atoms with Gasteiger partial charge < -0.3 is 16.4 Å². The number of carbonyl (C=O) groups is 2. The molecule has 1 aliphatic rings. The van der Waals surface area contributed by atoms with Gasteiger partial charge in [-0.25, -0.2) is 9.78 Å². The van der Waals surface area contributed by atoms with Crippen molar-refractivity contribution in [3.63, 3.8) is 0 Å². The number of nitrogens with two attached hydrogens (primary N) is 1. The highest BCUT2D eigenvalue weighted by molar-refractivity contribution is 9.10. The van der Waals surface area contributed by atoms with E-state index < -0.39 is 0 Å². The van der Waals surface area contributed by atoms with Gasteiger partial charge in [0.1, 0.15) is 4.60 Å². The molecule has 1 aliphatic carbocycles. The Morgan fingerprint density at radius 2 is 2.10 bits per heavy atom. The highest BCUT2D eigenvalue weighted by Crippen LogP contribution is 2.24. The lowest BCUT2D eigenvalue weighted by Gasteiger charge is -2.29. The fourth-order valence-corrected chi connectivity index (χ4v) is 2.82. The second-order valence-electron chi connectivity index (χ2n) is 4.87. The van der Waals surface area contributed by atoms with Crippen molar-refractivity contribution in [3.05, 3.63) is 22.9 Å². The molecular formula is C13H17BrN4O2. The van der Waals surface area contributed by atoms with E-state index in [-0.39, 0.29) is 23.9 Å². The van der Waals surface area contributed by atoms with Crippen molar-refractivity contribution in [2.24, 2.45) is 11.7 Å². The van der Waals surface area contributed by atoms with Crippen LogP contribution in [0.3, 0.4) is 0 Å². The number of carbonyl (C=O) groups excluding carboxylic acids is 2. The van der Waals surface area contributed by atoms with Gasteiger partial charge >= 0.3 is 6.03 Å². The summed E-state index contributed by atoms with van der Waals surface area (Å²) in [5, 5.41) is 5.55. The van der Waals surface area contributed by atoms with E-state index in [4.69, 9.17) is 5.73 Å². The van der Waals surface area contributed by atoms with Crippen LogP contribution in [0.4, 0.5) is 10.5 Å². The van der Waals surface area contributed by atoms with E-state index in [1.165, 1.54) is 0 Å². The fourth-order valence-electron chi connectivity index (χ4n) is 2.46. The lowest BCUT2D eigenvalue weighted by Crippen LogP contribution is -2.48. The van der Waals surface area contributed by atoms with Gasteiger partial charge in [-0.05, 0) is 40.9 Å². The highest BCUT2D eigenvalue weighted by atomic mass is 79.9. The highest BCUT2D eigenvalue weighted by Gasteiger charge is 2.30. The van der Waals surface area contributed by atoms with Crippen molar-refractivity contribution in [1.29, 1.82) is 0 Å². The molecule has 108 valence electrons. The Labute approximate surface area is 125 Å². The summed E-state index contributed by atoms with van der Waals surface area (Å²) in [6.45, 7) is 0. The van der Waals surface area contributed by atoms with Gasteiger partial charge in [-0.2, -0.15) is 0 Å². The summed E-state index contributed by atoms with van der Waals surface area (Å²) >= 11 is 3.24. The fraction of sp³-hybridized carbons (Fsp3) is 0.462. The molecule has 20 heavy (non-hydrogen) atoms. The minimum Gasteiger partial charge on any atom is -0.369 e. The van der Waals surface area contributed by atoms with E-state index in [9.17, 15) is 9.59 Å². The van der Waals surface area contributed by atoms with E-state index in [1.807, 2.05) is 0 Å². The number of rotatable bonds is 3. The minimum absolute atomic E-state index is 0.188. The van der Waals surface area contributed by atoms with Crippen LogP contribution in [0, 0.1) is 5.92 Å². The predicted molar refractivity (Wildman–Crippen MR) is 79.0 cm³/mol. The quantitative estimate of drug-likeness (QED) is 0.734. The zero-order chi connectivity index (χ0) is 14.5. The molecule has 2 atom stereocenters. The summed E-state index contributed by atoms with van der Waals surface area (Å²) in [6, 6.07) is 2.87. The zero-order valence-electron chi connectivity index (χ0n) is 10.9. The van der Waals surface area contributed by atoms with Crippen molar-refractivity contribution in [2.75, 3.05) is 5.32 Å². The first-order valence-electron chi connectivity index (χ1n) is 6.54. The van der Waals surface area contributed by atoms with Crippen molar-refractivity contribution in [2.45, 2.75) is 31.7 Å². The number of amides is 3. The molecule has 1 fully saturated rings. The normalized spacial score (nSPS) is 22.1. The van der Waals surface area contributed by atoms with Crippen LogP contribution < -0.4 is 16.4 Å². The number of nitrogens with one attached hydrogen (secondary N) is 2. The molecule has 7 heteroatoms. The van der Waals surface area contributed by atoms with Crippen LogP contribution in [0.5, 0.6) is 0 Å². The molecule has 0 radical (unpaired) electrons. The average Bonchev–Trinajstić information content (AvgIpc) is 2.38. The largest absolute Gasteiger partial charge is 0.369 e. The molecule has 1 heterocycles. The Hall–Kier alpha value is -1.63. The average molecular weight is 341 g/mol. The summed E-state index contributed by atoms with van der Waals surface area (Å²) in [7, 11) is 0. The van der Waals surface area contributed by atoms with Crippen LogP contribution in [0.15, 0.2) is 22.9 Å². The lowest BCUT2D eigenvalue weighted by molar-refractivity contribution is -0.123. The van der Waals surface area contributed by atoms with E-state index in [0.29, 0.717) is 10.3 Å². The SMILES string of the molecule is NC(=O)C1CCCCC1NC(=O)Nc1ccnc(Br)c1. The van der Waals surface area contributed by atoms with Gasteiger partial charge in [0.15, 0.2) is 0 Å². The van der Waals surface area contributed by atoms with Gasteiger partial charge in [0.2, 0.25) is 5.91 Å². The van der Waals surface area contributed by atoms with Crippen molar-refractivity contribution < 1.29 is 9.59 Å². The van der Waals surface area contributed by atoms with Gasteiger partial charge in [-0.1, -0.05) is 12.8 Å². The van der Waals surface area contributed by atoms with E-state index in [1.54, 1.807) is 18.3 Å². The van der Waals surface area contributed by atoms with Crippen molar-refractivity contribution >= 4 is 33.6 Å². The maximum atomic E-state index is 12.0. The number of halogens is 1. The number of hydrogen-bond acceptors (Lipinski definition) is 3. The third-order valence-corrected chi connectivity index (χ3v) is 3.87. The van der Waals surface area contributed by atoms with E-state index in [2.05, 4.69) is 31.5 Å². The van der Waals surface area contributed by atoms with Gasteiger partial charge in [0.25, 0.3) is 0 Å². The van der Waals surface area contributed by atoms with Crippen LogP contribution >= 0.6 is 15.9 Å². The number of urea groups is 1. The Bertz CT molecular complexity index is 509. The van der Waals surface area contributed by atoms with Crippen molar-refractivity contribution in [3.8, 4) is 0 Å². The Balaban J connectivity index is 1.94. The molecule has 0 bridgehead atoms. The Morgan fingerprint density at radius 3 is 2.80 bits per heavy atom. The summed E-state index contributed by atoms with van der Waals surface area (Å²) in [5.41, 5.74) is 6.02. The summed E-state index contributed by atoms with van der Waals surface area (Å²) in [4.78, 5) is 27.3. The molecule has 0 aliphatic heterocycles. The zero-order valence-corrected chi connectivity index (χ0v) is 12.5. The molecule has 1 aromatic heterocycles. The molecule has 4 N–H and O–H groups in total. The van der Waals surface area contributed by atoms with Crippen molar-refractivity contribution in [1.82, 2.24) is 10.3 Å². The second kappa shape index (κ2) is 6.69. The number of primary amides is 1. The summed E-state index contributed by atoms with van der Waals surface area (Å²) < 4.78 is 0.642. The molecule has 2 unspecified atom stereocenters. The van der Waals surface area contributed by atoms with Gasteiger partial charge in [-0.3, -0.25) is 4.79 Å². The lowest BCUT2D eigenvalue weighted by atomic mass is 9.84. The topological polar surface area (TPSA) is 97.1 Å². The molecule has 0 saturated heterocycles. The predicted octanol–water partition coefficient (Wildman–Crippen LogP) is 2.01. The summed E-state index contributed by atoms with van der Waals surface area (Å²) in [5.74, 6) is -0.625. The maximum Gasteiger partial charge on any atom is 0.319 e. The molecule has 6 nitrogen and oxygen atoms in total.